The Hall–Kier alpha value is -3.31. The van der Waals surface area contributed by atoms with Crippen molar-refractivity contribution in [1.82, 2.24) is 5.32 Å². The first-order valence-electron chi connectivity index (χ1n) is 19.4. The van der Waals surface area contributed by atoms with Gasteiger partial charge in [-0.2, -0.15) is 8.78 Å². The van der Waals surface area contributed by atoms with E-state index in [1.54, 1.807) is 5.57 Å². The highest BCUT2D eigenvalue weighted by Gasteiger charge is 2.58. The maximum atomic E-state index is 14.3. The fraction of sp³-hybridized carbons (Fsp3) is 0.683. The topological polar surface area (TPSA) is 144 Å². The lowest BCUT2D eigenvalue weighted by Gasteiger charge is -2.44. The summed E-state index contributed by atoms with van der Waals surface area (Å²) in [6.45, 7) is 8.59. The molecule has 6 unspecified atom stereocenters. The minimum Gasteiger partial charge on any atom is -0.463 e. The number of nitrogens with two attached hydrogens (primary N) is 1. The van der Waals surface area contributed by atoms with E-state index in [1.165, 1.54) is 56.1 Å². The second-order valence-corrected chi connectivity index (χ2v) is 15.9. The summed E-state index contributed by atoms with van der Waals surface area (Å²) >= 11 is 0. The van der Waals surface area contributed by atoms with Gasteiger partial charge >= 0.3 is 17.9 Å². The Bertz CT molecular complexity index is 1440. The maximum Gasteiger partial charge on any atom is 0.319 e. The first kappa shape index (κ1) is 39.9. The second kappa shape index (κ2) is 17.7. The van der Waals surface area contributed by atoms with Gasteiger partial charge in [-0.15, -0.1) is 0 Å². The summed E-state index contributed by atoms with van der Waals surface area (Å²) in [4.78, 5) is 25.1. The highest BCUT2D eigenvalue weighted by molar-refractivity contribution is 5.88. The number of nitrogens with one attached hydrogen (secondary N) is 2. The van der Waals surface area contributed by atoms with Gasteiger partial charge in [0.25, 0.3) is 0 Å². The van der Waals surface area contributed by atoms with Crippen LogP contribution in [-0.4, -0.2) is 59.9 Å². The number of esters is 2. The minimum atomic E-state index is -3.65. The molecule has 288 valence electrons. The molecule has 1 aliphatic heterocycles. The lowest BCUT2D eigenvalue weighted by molar-refractivity contribution is -0.151. The van der Waals surface area contributed by atoms with E-state index < -0.39 is 36.9 Å². The highest BCUT2D eigenvalue weighted by atomic mass is 19.3. The van der Waals surface area contributed by atoms with Gasteiger partial charge in [-0.3, -0.25) is 15.0 Å². The molecule has 0 radical (unpaired) electrons. The predicted octanol–water partition coefficient (Wildman–Crippen LogP) is 7.56. The summed E-state index contributed by atoms with van der Waals surface area (Å²) in [5, 5.41) is 19.4. The average Bonchev–Trinajstić information content (AvgIpc) is 3.85. The van der Waals surface area contributed by atoms with Crippen LogP contribution in [-0.2, 0) is 23.8 Å². The molecule has 0 aromatic carbocycles. The van der Waals surface area contributed by atoms with E-state index >= 15 is 0 Å². The molecule has 8 atom stereocenters. The van der Waals surface area contributed by atoms with E-state index in [0.717, 1.165) is 38.0 Å². The molecule has 1 heterocycles. The van der Waals surface area contributed by atoms with Crippen LogP contribution in [0.5, 0.6) is 0 Å². The van der Waals surface area contributed by atoms with E-state index in [0.29, 0.717) is 36.5 Å². The Labute approximate surface area is 307 Å². The molecular weight excluding hydrogens is 668 g/mol. The number of rotatable bonds is 16. The van der Waals surface area contributed by atoms with Crippen LogP contribution >= 0.6 is 0 Å². The number of aliphatic hydroxyl groups is 1. The third-order valence-corrected chi connectivity index (χ3v) is 12.1. The van der Waals surface area contributed by atoms with Crippen LogP contribution in [0.25, 0.3) is 0 Å². The predicted molar refractivity (Wildman–Crippen MR) is 196 cm³/mol. The summed E-state index contributed by atoms with van der Waals surface area (Å²) in [5.41, 5.74) is 9.80. The van der Waals surface area contributed by atoms with E-state index in [-0.39, 0.29) is 36.2 Å². The number of hydrogen-bond donors (Lipinski definition) is 4. The van der Waals surface area contributed by atoms with Gasteiger partial charge in [0.2, 0.25) is 0 Å². The molecule has 0 bridgehead atoms. The van der Waals surface area contributed by atoms with Crippen LogP contribution in [0.1, 0.15) is 110 Å². The molecule has 5 fully saturated rings. The Morgan fingerprint density at radius 2 is 1.81 bits per heavy atom. The molecule has 0 aromatic rings. The van der Waals surface area contributed by atoms with Crippen LogP contribution in [0.2, 0.25) is 0 Å². The summed E-state index contributed by atoms with van der Waals surface area (Å²) in [5.74, 6) is -3.00. The summed E-state index contributed by atoms with van der Waals surface area (Å²) in [6, 6.07) is 0. The number of amidine groups is 1. The van der Waals surface area contributed by atoms with Crippen LogP contribution in [0.15, 0.2) is 59.9 Å². The van der Waals surface area contributed by atoms with Gasteiger partial charge in [-0.1, -0.05) is 49.8 Å². The monoisotopic (exact) mass is 727 g/mol. The first-order chi connectivity index (χ1) is 24.8. The molecule has 4 saturated carbocycles. The van der Waals surface area contributed by atoms with Gasteiger partial charge in [-0.05, 0) is 130 Å². The molecule has 11 heteroatoms. The standard InChI is InChI=1S/C41H59F2N3O6/c1-26-9-4-5-10-28(26)15-16-29-11-8-23-40(3)31(19-20-32(29)40)27(2)14-21-33(30-17-18-30)51-37(48)13-7-6-12-36(47)50-25-34-38(49)41(42,43)39(52-34)46-24-22-35(44)45/h14-16,21-22,24,27,30-34,38-39,46,49H,1,4-13,17-20,23,25H2,2-3H3,(H3,44,45)/b21-14+,24-22-,28-15-,29-16+/t27-,31?,32?,33?,34?,38?,39?,40+/m0/s1. The molecular formula is C41H59F2N3O6. The number of ether oxygens (including phenoxy) is 3. The van der Waals surface area contributed by atoms with Crippen molar-refractivity contribution in [3.63, 3.8) is 0 Å². The van der Waals surface area contributed by atoms with Gasteiger partial charge < -0.3 is 30.4 Å². The number of carbonyl (C=O) groups is 2. The molecule has 9 nitrogen and oxygen atoms in total. The van der Waals surface area contributed by atoms with Crippen molar-refractivity contribution in [2.75, 3.05) is 6.61 Å². The van der Waals surface area contributed by atoms with Crippen molar-refractivity contribution < 1.29 is 37.7 Å². The molecule has 5 N–H and O–H groups in total. The number of alkyl halides is 2. The number of hydrogen-bond acceptors (Lipinski definition) is 8. The smallest absolute Gasteiger partial charge is 0.319 e. The molecule has 4 aliphatic carbocycles. The van der Waals surface area contributed by atoms with Gasteiger partial charge in [0.05, 0.1) is 0 Å². The van der Waals surface area contributed by atoms with Crippen molar-refractivity contribution in [1.29, 1.82) is 5.41 Å². The minimum absolute atomic E-state index is 0.0101. The quantitative estimate of drug-likeness (QED) is 0.0419. The van der Waals surface area contributed by atoms with Crippen LogP contribution in [0.4, 0.5) is 8.78 Å². The molecule has 5 aliphatic rings. The summed E-state index contributed by atoms with van der Waals surface area (Å²) < 4.78 is 44.9. The van der Waals surface area contributed by atoms with E-state index in [1.807, 2.05) is 0 Å². The van der Waals surface area contributed by atoms with Crippen molar-refractivity contribution in [2.45, 2.75) is 141 Å². The van der Waals surface area contributed by atoms with Crippen LogP contribution in [0, 0.1) is 34.5 Å². The molecule has 1 saturated heterocycles. The normalized spacial score (nSPS) is 33.0. The molecule has 0 amide bonds. The Morgan fingerprint density at radius 3 is 2.52 bits per heavy atom. The van der Waals surface area contributed by atoms with Gasteiger partial charge in [0.1, 0.15) is 24.7 Å². The largest absolute Gasteiger partial charge is 0.463 e. The van der Waals surface area contributed by atoms with E-state index in [2.05, 4.69) is 50.0 Å². The number of halogens is 2. The number of unbranched alkanes of at least 4 members (excludes halogenated alkanes) is 1. The van der Waals surface area contributed by atoms with Crippen molar-refractivity contribution in [2.24, 2.45) is 34.8 Å². The Kier molecular flexibility index (Phi) is 13.6. The zero-order valence-electron chi connectivity index (χ0n) is 30.9. The fourth-order valence-electron chi connectivity index (χ4n) is 8.93. The van der Waals surface area contributed by atoms with Crippen LogP contribution in [0.3, 0.4) is 0 Å². The highest BCUT2D eigenvalue weighted by Crippen LogP contribution is 2.59. The second-order valence-electron chi connectivity index (χ2n) is 15.9. The maximum absolute atomic E-state index is 14.3. The number of allylic oxidation sites excluding steroid dienone is 6. The number of fused-ring (bicyclic) bond motifs is 1. The molecule has 0 spiro atoms. The first-order valence-corrected chi connectivity index (χ1v) is 19.4. The van der Waals surface area contributed by atoms with Crippen molar-refractivity contribution in [3.05, 3.63) is 59.9 Å². The summed E-state index contributed by atoms with van der Waals surface area (Å²) in [6.07, 6.45) is 19.5. The third kappa shape index (κ3) is 10.0. The molecule has 52 heavy (non-hydrogen) atoms. The third-order valence-electron chi connectivity index (χ3n) is 12.1. The van der Waals surface area contributed by atoms with E-state index in [4.69, 9.17) is 25.4 Å². The average molecular weight is 728 g/mol. The lowest BCUT2D eigenvalue weighted by atomic mass is 9.61. The number of aliphatic hydroxyl groups excluding tert-OH is 1. The SMILES string of the molecule is C=C1CCCC/C1=C/C=C1\CCC[C@@]2(C)C1CCC2[C@@H](C)/C=C/C(OC(=O)CCCCC(=O)OCC1OC(N/C=C\C(=N)N)C(F)(F)C1O)C1CC1. The van der Waals surface area contributed by atoms with Crippen LogP contribution < -0.4 is 11.1 Å². The summed E-state index contributed by atoms with van der Waals surface area (Å²) in [7, 11) is 0. The van der Waals surface area contributed by atoms with Gasteiger partial charge in [0.15, 0.2) is 12.3 Å². The lowest BCUT2D eigenvalue weighted by Crippen LogP contribution is -2.45. The van der Waals surface area contributed by atoms with Gasteiger partial charge in [0, 0.05) is 19.0 Å². The van der Waals surface area contributed by atoms with Crippen molar-refractivity contribution in [3.8, 4) is 0 Å². The molecule has 0 aromatic heterocycles. The molecule has 5 rings (SSSR count). The number of carbonyl (C=O) groups excluding carboxylic acids is 2. The Balaban J connectivity index is 1.03. The zero-order valence-corrected chi connectivity index (χ0v) is 30.9. The fourth-order valence-corrected chi connectivity index (χ4v) is 8.93. The zero-order chi connectivity index (χ0) is 37.5. The van der Waals surface area contributed by atoms with E-state index in [9.17, 15) is 23.5 Å². The van der Waals surface area contributed by atoms with Gasteiger partial charge in [-0.25, -0.2) is 0 Å². The van der Waals surface area contributed by atoms with Crippen molar-refractivity contribution >= 4 is 17.8 Å². The Morgan fingerprint density at radius 1 is 1.08 bits per heavy atom.